The Bertz CT molecular complexity index is 530. The van der Waals surface area contributed by atoms with Gasteiger partial charge in [-0.25, -0.2) is 4.79 Å². The van der Waals surface area contributed by atoms with Crippen molar-refractivity contribution >= 4 is 5.82 Å². The van der Waals surface area contributed by atoms with E-state index >= 15 is 0 Å². The zero-order valence-corrected chi connectivity index (χ0v) is 11.4. The van der Waals surface area contributed by atoms with Gasteiger partial charge in [0.25, 0.3) is 0 Å². The Kier molecular flexibility index (Phi) is 4.39. The molecule has 8 nitrogen and oxygen atoms in total. The summed E-state index contributed by atoms with van der Waals surface area (Å²) in [5.41, 5.74) is 1.87. The molecule has 20 heavy (non-hydrogen) atoms. The molecule has 0 spiro atoms. The van der Waals surface area contributed by atoms with Gasteiger partial charge in [-0.15, -0.1) is 0 Å². The highest BCUT2D eigenvalue weighted by atomic mass is 16.5. The number of nitrogens with one attached hydrogen (secondary N) is 1. The lowest BCUT2D eigenvalue weighted by atomic mass is 10.1. The average molecular weight is 285 g/mol. The number of hydrogen-bond acceptors (Lipinski definition) is 7. The molecule has 112 valence electrons. The van der Waals surface area contributed by atoms with Gasteiger partial charge in [0, 0.05) is 18.2 Å². The van der Waals surface area contributed by atoms with Crippen molar-refractivity contribution in [1.29, 1.82) is 0 Å². The van der Waals surface area contributed by atoms with E-state index in [1.807, 2.05) is 19.3 Å². The highest BCUT2D eigenvalue weighted by Crippen LogP contribution is 2.29. The number of aromatic nitrogens is 2. The molecule has 4 N–H and O–H groups in total. The second-order valence-corrected chi connectivity index (χ2v) is 5.14. The number of ether oxygens (including phenoxy) is 1. The summed E-state index contributed by atoms with van der Waals surface area (Å²) < 4.78 is 6.63. The highest BCUT2D eigenvalue weighted by Gasteiger charge is 2.35. The van der Waals surface area contributed by atoms with E-state index in [0.717, 1.165) is 0 Å². The second-order valence-electron chi connectivity index (χ2n) is 5.14. The van der Waals surface area contributed by atoms with E-state index < -0.39 is 24.1 Å². The van der Waals surface area contributed by atoms with Gasteiger partial charge in [0.2, 0.25) is 0 Å². The lowest BCUT2D eigenvalue weighted by Gasteiger charge is -2.20. The Morgan fingerprint density at radius 2 is 2.30 bits per heavy atom. The lowest BCUT2D eigenvalue weighted by Crippen LogP contribution is -2.33. The first-order valence-electron chi connectivity index (χ1n) is 6.45. The second kappa shape index (κ2) is 5.88. The third kappa shape index (κ3) is 2.68. The Balaban J connectivity index is 2.42. The van der Waals surface area contributed by atoms with Crippen molar-refractivity contribution in [1.82, 2.24) is 9.55 Å². The van der Waals surface area contributed by atoms with E-state index in [9.17, 15) is 9.90 Å². The maximum atomic E-state index is 11.9. The van der Waals surface area contributed by atoms with Crippen LogP contribution in [0.15, 0.2) is 11.0 Å². The summed E-state index contributed by atoms with van der Waals surface area (Å²) in [4.78, 5) is 15.7. The van der Waals surface area contributed by atoms with Crippen molar-refractivity contribution < 1.29 is 20.2 Å². The zero-order valence-electron chi connectivity index (χ0n) is 11.4. The van der Waals surface area contributed by atoms with Crippen molar-refractivity contribution in [3.05, 3.63) is 22.2 Å². The molecule has 0 unspecified atom stereocenters. The van der Waals surface area contributed by atoms with Crippen LogP contribution in [-0.2, 0) is 4.74 Å². The van der Waals surface area contributed by atoms with Crippen molar-refractivity contribution in [2.45, 2.75) is 44.6 Å². The minimum absolute atomic E-state index is 0.0104. The molecule has 1 aromatic rings. The van der Waals surface area contributed by atoms with E-state index in [1.165, 1.54) is 10.8 Å². The van der Waals surface area contributed by atoms with Crippen LogP contribution in [0, 0.1) is 0 Å². The minimum atomic E-state index is -0.889. The van der Waals surface area contributed by atoms with Gasteiger partial charge in [0.05, 0.1) is 12.7 Å². The minimum Gasteiger partial charge on any atom is -0.394 e. The van der Waals surface area contributed by atoms with Gasteiger partial charge in [0.1, 0.15) is 6.10 Å². The summed E-state index contributed by atoms with van der Waals surface area (Å²) in [6.07, 6.45) is -0.506. The summed E-state index contributed by atoms with van der Waals surface area (Å²) in [5.74, 6) is 0.101. The number of nitrogens with zero attached hydrogens (tertiary/aromatic N) is 2. The van der Waals surface area contributed by atoms with Crippen molar-refractivity contribution in [3.8, 4) is 0 Å². The maximum absolute atomic E-state index is 11.9. The number of aliphatic hydroxyl groups is 2. The van der Waals surface area contributed by atoms with Crippen LogP contribution in [0.5, 0.6) is 0 Å². The third-order valence-electron chi connectivity index (χ3n) is 3.35. The first-order valence-corrected chi connectivity index (χ1v) is 6.45. The number of aliphatic hydroxyl groups excluding tert-OH is 2. The fraction of sp³-hybridized carbons (Fsp3) is 0.667. The van der Waals surface area contributed by atoms with Crippen LogP contribution in [0.4, 0.5) is 5.82 Å². The summed E-state index contributed by atoms with van der Waals surface area (Å²) in [7, 11) is 0. The average Bonchev–Trinajstić information content (AvgIpc) is 2.79. The number of rotatable bonds is 4. The van der Waals surface area contributed by atoms with Gasteiger partial charge >= 0.3 is 5.69 Å². The van der Waals surface area contributed by atoms with Crippen LogP contribution in [0.3, 0.4) is 0 Å². The summed E-state index contributed by atoms with van der Waals surface area (Å²) in [6.45, 7) is 3.55. The quantitative estimate of drug-likeness (QED) is 0.566. The Morgan fingerprint density at radius 1 is 1.60 bits per heavy atom. The Labute approximate surface area is 115 Å². The smallest absolute Gasteiger partial charge is 0.351 e. The van der Waals surface area contributed by atoms with Gasteiger partial charge in [-0.2, -0.15) is 4.98 Å². The van der Waals surface area contributed by atoms with Crippen molar-refractivity contribution in [3.63, 3.8) is 0 Å². The van der Waals surface area contributed by atoms with E-state index in [-0.39, 0.29) is 24.8 Å². The molecular formula is C12H19N3O5. The summed E-state index contributed by atoms with van der Waals surface area (Å²) in [5, 5.41) is 28.0. The first-order chi connectivity index (χ1) is 9.47. The molecule has 1 saturated heterocycles. The largest absolute Gasteiger partial charge is 0.394 e. The fourth-order valence-corrected chi connectivity index (χ4v) is 2.28. The number of hydrogen-bond donors (Lipinski definition) is 4. The molecule has 1 aromatic heterocycles. The predicted molar refractivity (Wildman–Crippen MR) is 69.6 cm³/mol. The zero-order chi connectivity index (χ0) is 14.9. The van der Waals surface area contributed by atoms with Crippen LogP contribution in [0.2, 0.25) is 0 Å². The molecule has 0 aliphatic carbocycles. The molecule has 8 heteroatoms. The van der Waals surface area contributed by atoms with Crippen LogP contribution in [0.1, 0.15) is 38.0 Å². The standard InChI is InChI=1S/C12H19N3O5/c1-6(2)8-4-15(12(18)13-10(8)14-19)11-9(17)3-7(5-16)20-11/h4,6-7,9,11,16-17,19H,3,5H2,1-2H3,(H,13,14,18)/t7-,9+,11+/m0/s1. The van der Waals surface area contributed by atoms with Crippen LogP contribution in [-0.4, -0.2) is 43.8 Å². The lowest BCUT2D eigenvalue weighted by molar-refractivity contribution is -0.0531. The third-order valence-corrected chi connectivity index (χ3v) is 3.35. The molecule has 2 heterocycles. The maximum Gasteiger partial charge on any atom is 0.351 e. The number of anilines is 1. The highest BCUT2D eigenvalue weighted by molar-refractivity contribution is 5.42. The van der Waals surface area contributed by atoms with E-state index in [4.69, 9.17) is 15.1 Å². The molecule has 0 bridgehead atoms. The Morgan fingerprint density at radius 3 is 2.80 bits per heavy atom. The molecule has 2 rings (SSSR count). The normalized spacial score (nSPS) is 26.2. The van der Waals surface area contributed by atoms with E-state index in [2.05, 4.69) is 4.98 Å². The van der Waals surface area contributed by atoms with Crippen molar-refractivity contribution in [2.24, 2.45) is 0 Å². The molecule has 1 aliphatic heterocycles. The van der Waals surface area contributed by atoms with Crippen LogP contribution in [0.25, 0.3) is 0 Å². The van der Waals surface area contributed by atoms with Gasteiger partial charge in [-0.1, -0.05) is 13.8 Å². The van der Waals surface area contributed by atoms with Crippen LogP contribution >= 0.6 is 0 Å². The SMILES string of the molecule is CC(C)c1cn([C@@H]2O[C@H](CO)C[C@H]2O)c(=O)nc1NO. The molecule has 0 aromatic carbocycles. The van der Waals surface area contributed by atoms with Gasteiger partial charge in [-0.3, -0.25) is 15.3 Å². The molecule has 1 aliphatic rings. The van der Waals surface area contributed by atoms with Gasteiger partial charge in [0.15, 0.2) is 12.0 Å². The summed E-state index contributed by atoms with van der Waals surface area (Å²) >= 11 is 0. The fourth-order valence-electron chi connectivity index (χ4n) is 2.28. The molecule has 1 fully saturated rings. The monoisotopic (exact) mass is 285 g/mol. The van der Waals surface area contributed by atoms with Gasteiger partial charge in [-0.05, 0) is 5.92 Å². The molecule has 0 radical (unpaired) electrons. The molecule has 0 saturated carbocycles. The van der Waals surface area contributed by atoms with E-state index in [1.54, 1.807) is 0 Å². The molecular weight excluding hydrogens is 266 g/mol. The first kappa shape index (κ1) is 14.9. The topological polar surface area (TPSA) is 117 Å². The van der Waals surface area contributed by atoms with Crippen LogP contribution < -0.4 is 11.2 Å². The van der Waals surface area contributed by atoms with Crippen molar-refractivity contribution in [2.75, 3.05) is 12.1 Å². The molecule has 0 amide bonds. The predicted octanol–water partition coefficient (Wildman–Crippen LogP) is -0.192. The Hall–Kier alpha value is -1.48. The summed E-state index contributed by atoms with van der Waals surface area (Å²) in [6, 6.07) is 0. The van der Waals surface area contributed by atoms with E-state index in [0.29, 0.717) is 5.56 Å². The molecule has 3 atom stereocenters. The van der Waals surface area contributed by atoms with Gasteiger partial charge < -0.3 is 14.9 Å².